The summed E-state index contributed by atoms with van der Waals surface area (Å²) in [6.07, 6.45) is 1.82. The van der Waals surface area contributed by atoms with Crippen molar-refractivity contribution in [1.29, 1.82) is 0 Å². The third-order valence-electron chi connectivity index (χ3n) is 4.57. The number of pyridine rings is 1. The average molecular weight is 432 g/mol. The lowest BCUT2D eigenvalue weighted by Gasteiger charge is -2.39. The van der Waals surface area contributed by atoms with Crippen LogP contribution in [0.1, 0.15) is 13.3 Å². The van der Waals surface area contributed by atoms with Crippen LogP contribution in [0.3, 0.4) is 0 Å². The lowest BCUT2D eigenvalue weighted by atomic mass is 10.1. The zero-order valence-electron chi connectivity index (χ0n) is 14.9. The first-order chi connectivity index (χ1) is 13.4. The van der Waals surface area contributed by atoms with Gasteiger partial charge in [-0.1, -0.05) is 48.5 Å². The molecule has 144 valence electrons. The van der Waals surface area contributed by atoms with E-state index in [1.807, 2.05) is 42.5 Å². The highest BCUT2D eigenvalue weighted by atomic mass is 35.5. The van der Waals surface area contributed by atoms with Crippen LogP contribution in [0.15, 0.2) is 70.6 Å². The molecule has 1 aliphatic heterocycles. The SMILES string of the molecule is CCC(N1c2ccccc2Sc2ccc(-c3ncccc3Cl)cc21)S(=O)(=O)[O-]. The number of fused-ring (bicyclic) bond motifs is 2. The maximum Gasteiger partial charge on any atom is 0.124 e. The zero-order chi connectivity index (χ0) is 19.9. The molecule has 5 nitrogen and oxygen atoms in total. The van der Waals surface area contributed by atoms with Crippen molar-refractivity contribution >= 4 is 44.9 Å². The van der Waals surface area contributed by atoms with E-state index in [4.69, 9.17) is 11.6 Å². The largest absolute Gasteiger partial charge is 0.746 e. The maximum absolute atomic E-state index is 12.1. The van der Waals surface area contributed by atoms with Crippen LogP contribution in [-0.2, 0) is 10.1 Å². The molecule has 0 aliphatic carbocycles. The van der Waals surface area contributed by atoms with Gasteiger partial charge < -0.3 is 9.45 Å². The van der Waals surface area contributed by atoms with Gasteiger partial charge in [0, 0.05) is 21.6 Å². The predicted octanol–water partition coefficient (Wildman–Crippen LogP) is 5.29. The molecule has 1 atom stereocenters. The minimum atomic E-state index is -4.56. The number of anilines is 2. The molecule has 0 saturated carbocycles. The van der Waals surface area contributed by atoms with E-state index in [1.54, 1.807) is 41.9 Å². The van der Waals surface area contributed by atoms with Crippen molar-refractivity contribution in [2.24, 2.45) is 0 Å². The third-order valence-corrected chi connectivity index (χ3v) is 7.21. The van der Waals surface area contributed by atoms with Gasteiger partial charge in [-0.15, -0.1) is 0 Å². The second-order valence-corrected chi connectivity index (χ2v) is 9.33. The van der Waals surface area contributed by atoms with Crippen LogP contribution in [0, 0.1) is 0 Å². The number of benzene rings is 2. The normalized spacial score (nSPS) is 14.3. The van der Waals surface area contributed by atoms with Gasteiger partial charge in [-0.2, -0.15) is 0 Å². The number of para-hydroxylation sites is 1. The minimum absolute atomic E-state index is 0.166. The van der Waals surface area contributed by atoms with Gasteiger partial charge in [0.05, 0.1) is 22.1 Å². The van der Waals surface area contributed by atoms with Crippen LogP contribution in [0.2, 0.25) is 5.02 Å². The molecule has 0 spiro atoms. The molecular formula is C20H16ClN2O3S2-. The van der Waals surface area contributed by atoms with Gasteiger partial charge in [0.1, 0.15) is 15.5 Å². The molecule has 3 aromatic rings. The fourth-order valence-electron chi connectivity index (χ4n) is 3.35. The van der Waals surface area contributed by atoms with Crippen molar-refractivity contribution in [3.8, 4) is 11.3 Å². The van der Waals surface area contributed by atoms with Crippen LogP contribution in [0.4, 0.5) is 11.4 Å². The molecule has 0 amide bonds. The molecule has 28 heavy (non-hydrogen) atoms. The van der Waals surface area contributed by atoms with Gasteiger partial charge in [0.25, 0.3) is 0 Å². The summed E-state index contributed by atoms with van der Waals surface area (Å²) in [4.78, 5) is 7.75. The Morgan fingerprint density at radius 1 is 1.11 bits per heavy atom. The second kappa shape index (κ2) is 7.40. The fraction of sp³-hybridized carbons (Fsp3) is 0.150. The van der Waals surface area contributed by atoms with Crippen LogP contribution in [0.25, 0.3) is 11.3 Å². The molecule has 1 aromatic heterocycles. The highest BCUT2D eigenvalue weighted by Gasteiger charge is 2.32. The van der Waals surface area contributed by atoms with Crippen LogP contribution in [-0.4, -0.2) is 23.3 Å². The van der Waals surface area contributed by atoms with E-state index in [0.717, 1.165) is 15.4 Å². The summed E-state index contributed by atoms with van der Waals surface area (Å²) in [5.74, 6) is 0. The van der Waals surface area contributed by atoms with Gasteiger partial charge in [0.2, 0.25) is 0 Å². The molecule has 2 aromatic carbocycles. The first kappa shape index (κ1) is 19.3. The van der Waals surface area contributed by atoms with Gasteiger partial charge in [-0.3, -0.25) is 4.98 Å². The number of hydrogen-bond acceptors (Lipinski definition) is 6. The Hall–Kier alpha value is -2.06. The lowest BCUT2D eigenvalue weighted by Crippen LogP contribution is -2.38. The van der Waals surface area contributed by atoms with E-state index in [9.17, 15) is 13.0 Å². The molecule has 0 fully saturated rings. The average Bonchev–Trinajstić information content (AvgIpc) is 2.67. The Labute approximate surface area is 173 Å². The third kappa shape index (κ3) is 3.39. The monoisotopic (exact) mass is 431 g/mol. The molecular weight excluding hydrogens is 416 g/mol. The molecule has 2 heterocycles. The standard InChI is InChI=1S/C20H17ClN2O3S2/c1-2-19(28(24,25)26)23-15-7-3-4-8-17(15)27-18-10-9-13(12-16(18)23)20-14(21)6-5-11-22-20/h3-12,19H,2H2,1H3,(H,24,25,26)/p-1. The highest BCUT2D eigenvalue weighted by molar-refractivity contribution is 7.99. The van der Waals surface area contributed by atoms with Gasteiger partial charge in [-0.25, -0.2) is 8.42 Å². The molecule has 1 unspecified atom stereocenters. The topological polar surface area (TPSA) is 73.3 Å². The summed E-state index contributed by atoms with van der Waals surface area (Å²) < 4.78 is 36.2. The summed E-state index contributed by atoms with van der Waals surface area (Å²) in [7, 11) is -4.56. The van der Waals surface area contributed by atoms with Crippen molar-refractivity contribution in [2.45, 2.75) is 28.5 Å². The first-order valence-electron chi connectivity index (χ1n) is 8.66. The number of hydrogen-bond donors (Lipinski definition) is 0. The van der Waals surface area contributed by atoms with Gasteiger partial charge in [-0.05, 0) is 42.8 Å². The zero-order valence-corrected chi connectivity index (χ0v) is 17.3. The summed E-state index contributed by atoms with van der Waals surface area (Å²) in [6.45, 7) is 1.70. The predicted molar refractivity (Wildman–Crippen MR) is 111 cm³/mol. The molecule has 0 radical (unpaired) electrons. The quantitative estimate of drug-likeness (QED) is 0.523. The summed E-state index contributed by atoms with van der Waals surface area (Å²) in [5, 5.41) is -0.705. The van der Waals surface area contributed by atoms with Crippen LogP contribution >= 0.6 is 23.4 Å². The Bertz CT molecular complexity index is 1150. The van der Waals surface area contributed by atoms with Crippen molar-refractivity contribution in [2.75, 3.05) is 4.90 Å². The van der Waals surface area contributed by atoms with Gasteiger partial charge >= 0.3 is 0 Å². The lowest BCUT2D eigenvalue weighted by molar-refractivity contribution is 0.445. The van der Waals surface area contributed by atoms with E-state index in [-0.39, 0.29) is 6.42 Å². The molecule has 0 bridgehead atoms. The Morgan fingerprint density at radius 3 is 2.57 bits per heavy atom. The molecule has 0 saturated heterocycles. The molecule has 1 aliphatic rings. The van der Waals surface area contributed by atoms with Crippen molar-refractivity contribution < 1.29 is 13.0 Å². The van der Waals surface area contributed by atoms with E-state index < -0.39 is 15.5 Å². The second-order valence-electron chi connectivity index (χ2n) is 6.31. The van der Waals surface area contributed by atoms with Crippen molar-refractivity contribution in [3.63, 3.8) is 0 Å². The van der Waals surface area contributed by atoms with E-state index >= 15 is 0 Å². The summed E-state index contributed by atoms with van der Waals surface area (Å²) >= 11 is 7.84. The van der Waals surface area contributed by atoms with Crippen molar-refractivity contribution in [3.05, 3.63) is 65.8 Å². The number of rotatable bonds is 4. The van der Waals surface area contributed by atoms with Crippen LogP contribution < -0.4 is 4.90 Å². The number of halogens is 1. The highest BCUT2D eigenvalue weighted by Crippen LogP contribution is 2.50. The first-order valence-corrected chi connectivity index (χ1v) is 11.3. The Kier molecular flexibility index (Phi) is 5.09. The molecule has 8 heteroatoms. The minimum Gasteiger partial charge on any atom is -0.746 e. The van der Waals surface area contributed by atoms with Gasteiger partial charge in [0.15, 0.2) is 0 Å². The fourth-order valence-corrected chi connectivity index (χ4v) is 5.53. The number of nitrogens with zero attached hydrogens (tertiary/aromatic N) is 2. The van der Waals surface area contributed by atoms with Crippen LogP contribution in [0.5, 0.6) is 0 Å². The summed E-state index contributed by atoms with van der Waals surface area (Å²) in [5.41, 5.74) is 2.73. The summed E-state index contributed by atoms with van der Waals surface area (Å²) in [6, 6.07) is 16.6. The number of aromatic nitrogens is 1. The van der Waals surface area contributed by atoms with Crippen molar-refractivity contribution in [1.82, 2.24) is 4.98 Å². The Morgan fingerprint density at radius 2 is 1.86 bits per heavy atom. The molecule has 0 N–H and O–H groups in total. The van der Waals surface area contributed by atoms with E-state index in [2.05, 4.69) is 4.98 Å². The molecule has 4 rings (SSSR count). The smallest absolute Gasteiger partial charge is 0.124 e. The maximum atomic E-state index is 12.1. The van der Waals surface area contributed by atoms with E-state index in [1.165, 1.54) is 0 Å². The van der Waals surface area contributed by atoms with E-state index in [0.29, 0.717) is 22.1 Å². The Balaban J connectivity index is 1.94.